The van der Waals surface area contributed by atoms with Crippen LogP contribution in [-0.2, 0) is 4.74 Å². The van der Waals surface area contributed by atoms with Crippen LogP contribution < -0.4 is 5.32 Å². The molecule has 1 unspecified atom stereocenters. The second-order valence-corrected chi connectivity index (χ2v) is 4.20. The highest BCUT2D eigenvalue weighted by Crippen LogP contribution is 2.22. The van der Waals surface area contributed by atoms with E-state index in [1.54, 1.807) is 14.0 Å². The molecule has 17 heavy (non-hydrogen) atoms. The van der Waals surface area contributed by atoms with Gasteiger partial charge in [-0.1, -0.05) is 0 Å². The molecule has 1 aliphatic rings. The van der Waals surface area contributed by atoms with Gasteiger partial charge in [0, 0.05) is 20.1 Å². The largest absolute Gasteiger partial charge is 0.371 e. The summed E-state index contributed by atoms with van der Waals surface area (Å²) in [6.45, 7) is 3.91. The molecule has 0 amide bonds. The highest BCUT2D eigenvalue weighted by molar-refractivity contribution is 5.37. The number of morpholine rings is 1. The molecule has 1 aliphatic heterocycles. The van der Waals surface area contributed by atoms with Gasteiger partial charge >= 0.3 is 0 Å². The Morgan fingerprint density at radius 1 is 1.47 bits per heavy atom. The fourth-order valence-electron chi connectivity index (χ4n) is 1.82. The minimum Gasteiger partial charge on any atom is -0.371 e. The smallest absolute Gasteiger partial charge is 0.186 e. The van der Waals surface area contributed by atoms with Crippen LogP contribution in [0.3, 0.4) is 0 Å². The summed E-state index contributed by atoms with van der Waals surface area (Å²) in [5.41, 5.74) is 0.344. The van der Waals surface area contributed by atoms with E-state index >= 15 is 0 Å². The number of nitrogens with one attached hydrogen (secondary N) is 1. The van der Waals surface area contributed by atoms with E-state index in [0.29, 0.717) is 18.1 Å². The lowest BCUT2D eigenvalue weighted by Crippen LogP contribution is -2.36. The molecule has 0 saturated carbocycles. The van der Waals surface area contributed by atoms with Crippen LogP contribution in [0.1, 0.15) is 17.6 Å². The van der Waals surface area contributed by atoms with Crippen molar-refractivity contribution in [2.45, 2.75) is 13.0 Å². The van der Waals surface area contributed by atoms with Crippen LogP contribution in [0.4, 0.5) is 10.2 Å². The number of anilines is 1. The van der Waals surface area contributed by atoms with E-state index in [1.807, 2.05) is 7.05 Å². The highest BCUT2D eigenvalue weighted by Gasteiger charge is 2.23. The molecule has 1 atom stereocenters. The third-order valence-corrected chi connectivity index (χ3v) is 2.83. The molecule has 1 saturated heterocycles. The first-order valence-corrected chi connectivity index (χ1v) is 5.63. The number of halogens is 1. The van der Waals surface area contributed by atoms with Gasteiger partial charge < -0.3 is 15.0 Å². The molecule has 94 valence electrons. The van der Waals surface area contributed by atoms with Gasteiger partial charge in [-0.2, -0.15) is 0 Å². The molecule has 1 N–H and O–H groups in total. The minimum atomic E-state index is -0.402. The van der Waals surface area contributed by atoms with Gasteiger partial charge in [0.05, 0.1) is 12.3 Å². The first-order valence-electron chi connectivity index (χ1n) is 5.63. The Kier molecular flexibility index (Phi) is 3.54. The molecule has 2 rings (SSSR count). The molecule has 0 spiro atoms. The molecular weight excluding hydrogens is 223 g/mol. The van der Waals surface area contributed by atoms with Crippen molar-refractivity contribution < 1.29 is 9.13 Å². The van der Waals surface area contributed by atoms with Gasteiger partial charge in [-0.25, -0.2) is 14.4 Å². The average Bonchev–Trinajstić information content (AvgIpc) is 2.32. The maximum absolute atomic E-state index is 13.6. The highest BCUT2D eigenvalue weighted by atomic mass is 19.1. The van der Waals surface area contributed by atoms with Gasteiger partial charge in [0.15, 0.2) is 17.5 Å². The third-order valence-electron chi connectivity index (χ3n) is 2.83. The lowest BCUT2D eigenvalue weighted by atomic mass is 10.2. The Labute approximate surface area is 100 Å². The maximum Gasteiger partial charge on any atom is 0.186 e. The zero-order chi connectivity index (χ0) is 12.4. The van der Waals surface area contributed by atoms with E-state index in [4.69, 9.17) is 4.74 Å². The fourth-order valence-corrected chi connectivity index (χ4v) is 1.82. The zero-order valence-electron chi connectivity index (χ0n) is 10.3. The number of nitrogens with zero attached hydrogens (tertiary/aromatic N) is 3. The Hall–Kier alpha value is -1.27. The predicted octanol–water partition coefficient (Wildman–Crippen LogP) is 0.969. The van der Waals surface area contributed by atoms with Crippen LogP contribution in [-0.4, -0.2) is 48.7 Å². The molecule has 5 nitrogen and oxygen atoms in total. The summed E-state index contributed by atoms with van der Waals surface area (Å²) in [5.74, 6) is 0.365. The zero-order valence-corrected chi connectivity index (χ0v) is 10.3. The predicted molar refractivity (Wildman–Crippen MR) is 62.5 cm³/mol. The van der Waals surface area contributed by atoms with Crippen molar-refractivity contribution in [3.63, 3.8) is 0 Å². The second-order valence-electron chi connectivity index (χ2n) is 4.20. The fraction of sp³-hybridized carbons (Fsp3) is 0.636. The van der Waals surface area contributed by atoms with Crippen LogP contribution in [0.2, 0.25) is 0 Å². The minimum absolute atomic E-state index is 0.180. The normalized spacial score (nSPS) is 21.5. The molecule has 1 aromatic rings. The van der Waals surface area contributed by atoms with Crippen LogP contribution in [0.5, 0.6) is 0 Å². The third kappa shape index (κ3) is 2.53. The van der Waals surface area contributed by atoms with Gasteiger partial charge in [-0.15, -0.1) is 0 Å². The van der Waals surface area contributed by atoms with Crippen molar-refractivity contribution in [2.24, 2.45) is 0 Å². The number of aryl methyl sites for hydroxylation is 1. The number of ether oxygens (including phenoxy) is 1. The van der Waals surface area contributed by atoms with Crippen molar-refractivity contribution >= 4 is 5.82 Å². The van der Waals surface area contributed by atoms with E-state index in [-0.39, 0.29) is 11.9 Å². The summed E-state index contributed by atoms with van der Waals surface area (Å²) in [6, 6.07) is 0. The Balaban J connectivity index is 2.29. The van der Waals surface area contributed by atoms with E-state index < -0.39 is 5.82 Å². The van der Waals surface area contributed by atoms with E-state index in [0.717, 1.165) is 13.1 Å². The molecule has 0 aromatic carbocycles. The van der Waals surface area contributed by atoms with Gasteiger partial charge in [-0.05, 0) is 14.0 Å². The molecule has 1 fully saturated rings. The van der Waals surface area contributed by atoms with Gasteiger partial charge in [0.25, 0.3) is 0 Å². The van der Waals surface area contributed by atoms with Crippen LogP contribution >= 0.6 is 0 Å². The average molecular weight is 240 g/mol. The standard InChI is InChI=1S/C11H17FN4O/c1-7-9(12)11(13-2)15-10(14-7)8-6-16(3)4-5-17-8/h8H,4-6H2,1-3H3,(H,13,14,15). The first-order chi connectivity index (χ1) is 8.11. The molecule has 2 heterocycles. The SMILES string of the molecule is CNc1nc(C2CN(C)CCO2)nc(C)c1F. The van der Waals surface area contributed by atoms with E-state index in [1.165, 1.54) is 0 Å². The number of likely N-dealkylation sites (N-methyl/N-ethyl adjacent to an activating group) is 1. The summed E-state index contributed by atoms with van der Waals surface area (Å²) in [7, 11) is 3.66. The van der Waals surface area contributed by atoms with Crippen molar-refractivity contribution in [3.05, 3.63) is 17.3 Å². The molecule has 0 aliphatic carbocycles. The van der Waals surface area contributed by atoms with Crippen LogP contribution in [0.15, 0.2) is 0 Å². The van der Waals surface area contributed by atoms with E-state index in [9.17, 15) is 4.39 Å². The second kappa shape index (κ2) is 4.93. The summed E-state index contributed by atoms with van der Waals surface area (Å²) in [4.78, 5) is 10.5. The van der Waals surface area contributed by atoms with Crippen molar-refractivity contribution in [1.82, 2.24) is 14.9 Å². The molecule has 6 heteroatoms. The first kappa shape index (κ1) is 12.2. The van der Waals surface area contributed by atoms with E-state index in [2.05, 4.69) is 20.2 Å². The Bertz CT molecular complexity index is 413. The number of aromatic nitrogens is 2. The van der Waals surface area contributed by atoms with Gasteiger partial charge in [0.1, 0.15) is 6.10 Å². The summed E-state index contributed by atoms with van der Waals surface area (Å²) >= 11 is 0. The number of rotatable bonds is 2. The van der Waals surface area contributed by atoms with Crippen LogP contribution in [0.25, 0.3) is 0 Å². The molecule has 1 aromatic heterocycles. The Morgan fingerprint density at radius 3 is 2.88 bits per heavy atom. The monoisotopic (exact) mass is 240 g/mol. The lowest BCUT2D eigenvalue weighted by molar-refractivity contribution is -0.0255. The van der Waals surface area contributed by atoms with Crippen molar-refractivity contribution in [2.75, 3.05) is 39.1 Å². The maximum atomic E-state index is 13.6. The van der Waals surface area contributed by atoms with Crippen LogP contribution in [0, 0.1) is 12.7 Å². The molecular formula is C11H17FN4O. The summed E-state index contributed by atoms with van der Waals surface area (Å²) in [5, 5.41) is 2.73. The lowest BCUT2D eigenvalue weighted by Gasteiger charge is -2.29. The summed E-state index contributed by atoms with van der Waals surface area (Å²) in [6.07, 6.45) is -0.180. The summed E-state index contributed by atoms with van der Waals surface area (Å²) < 4.78 is 19.2. The van der Waals surface area contributed by atoms with Crippen molar-refractivity contribution in [1.29, 1.82) is 0 Å². The quantitative estimate of drug-likeness (QED) is 0.834. The molecule has 0 radical (unpaired) electrons. The van der Waals surface area contributed by atoms with Crippen molar-refractivity contribution in [3.8, 4) is 0 Å². The Morgan fingerprint density at radius 2 is 2.24 bits per heavy atom. The van der Waals surface area contributed by atoms with Gasteiger partial charge in [0.2, 0.25) is 0 Å². The number of hydrogen-bond donors (Lipinski definition) is 1. The van der Waals surface area contributed by atoms with Gasteiger partial charge in [-0.3, -0.25) is 0 Å². The number of hydrogen-bond acceptors (Lipinski definition) is 5. The topological polar surface area (TPSA) is 50.3 Å². The molecule has 0 bridgehead atoms.